The first kappa shape index (κ1) is 16.2. The van der Waals surface area contributed by atoms with Gasteiger partial charge in [-0.1, -0.05) is 31.8 Å². The van der Waals surface area contributed by atoms with Gasteiger partial charge in [-0.2, -0.15) is 0 Å². The third-order valence-electron chi connectivity index (χ3n) is 5.64. The molecule has 3 aliphatic rings. The normalized spacial score (nSPS) is 28.1. The van der Waals surface area contributed by atoms with E-state index in [2.05, 4.69) is 6.58 Å². The summed E-state index contributed by atoms with van der Waals surface area (Å²) in [7, 11) is 0. The molecule has 1 saturated heterocycles. The predicted molar refractivity (Wildman–Crippen MR) is 86.3 cm³/mol. The van der Waals surface area contributed by atoms with Crippen molar-refractivity contribution >= 4 is 17.7 Å². The van der Waals surface area contributed by atoms with Crippen LogP contribution in [-0.4, -0.2) is 46.7 Å². The number of hydrogen-bond donors (Lipinski definition) is 0. The Hall–Kier alpha value is -1.65. The number of rotatable bonds is 5. The number of carbonyl (C=O) groups is 3. The molecule has 0 aromatic carbocycles. The lowest BCUT2D eigenvalue weighted by atomic mass is 9.81. The second-order valence-corrected chi connectivity index (χ2v) is 7.03. The van der Waals surface area contributed by atoms with Crippen LogP contribution >= 0.6 is 0 Å². The van der Waals surface area contributed by atoms with Crippen molar-refractivity contribution in [1.82, 2.24) is 9.80 Å². The van der Waals surface area contributed by atoms with Gasteiger partial charge in [0.05, 0.1) is 11.8 Å². The molecule has 0 radical (unpaired) electrons. The van der Waals surface area contributed by atoms with E-state index in [9.17, 15) is 14.4 Å². The fourth-order valence-electron chi connectivity index (χ4n) is 4.42. The summed E-state index contributed by atoms with van der Waals surface area (Å²) in [6, 6.07) is 0.232. The van der Waals surface area contributed by atoms with Gasteiger partial charge in [0, 0.05) is 12.6 Å². The predicted octanol–water partition coefficient (Wildman–Crippen LogP) is 2.12. The van der Waals surface area contributed by atoms with Gasteiger partial charge in [-0.05, 0) is 25.7 Å². The molecule has 1 heterocycles. The Labute approximate surface area is 137 Å². The van der Waals surface area contributed by atoms with E-state index in [1.807, 2.05) is 4.90 Å². The fraction of sp³-hybridized carbons (Fsp3) is 0.722. The van der Waals surface area contributed by atoms with Crippen molar-refractivity contribution in [2.75, 3.05) is 13.1 Å². The lowest BCUT2D eigenvalue weighted by Gasteiger charge is -2.29. The van der Waals surface area contributed by atoms with Crippen LogP contribution in [0.2, 0.25) is 0 Å². The summed E-state index contributed by atoms with van der Waals surface area (Å²) >= 11 is 0. The fourth-order valence-corrected chi connectivity index (χ4v) is 4.42. The molecular weight excluding hydrogens is 292 g/mol. The molecule has 3 rings (SSSR count). The molecule has 23 heavy (non-hydrogen) atoms. The Bertz CT molecular complexity index is 486. The first-order valence-corrected chi connectivity index (χ1v) is 8.89. The molecule has 126 valence electrons. The third kappa shape index (κ3) is 3.06. The van der Waals surface area contributed by atoms with E-state index in [1.54, 1.807) is 6.08 Å². The maximum Gasteiger partial charge on any atom is 0.243 e. The summed E-state index contributed by atoms with van der Waals surface area (Å²) in [6.45, 7) is 4.14. The lowest BCUT2D eigenvalue weighted by Crippen LogP contribution is -2.46. The van der Waals surface area contributed by atoms with Gasteiger partial charge in [-0.15, -0.1) is 6.58 Å². The average molecular weight is 318 g/mol. The second-order valence-electron chi connectivity index (χ2n) is 7.03. The van der Waals surface area contributed by atoms with E-state index >= 15 is 0 Å². The monoisotopic (exact) mass is 318 g/mol. The van der Waals surface area contributed by atoms with E-state index in [0.717, 1.165) is 51.4 Å². The van der Waals surface area contributed by atoms with Crippen molar-refractivity contribution in [1.29, 1.82) is 0 Å². The van der Waals surface area contributed by atoms with Gasteiger partial charge in [0.2, 0.25) is 17.7 Å². The van der Waals surface area contributed by atoms with Crippen LogP contribution < -0.4 is 0 Å². The van der Waals surface area contributed by atoms with Crippen LogP contribution in [0.15, 0.2) is 12.7 Å². The minimum atomic E-state index is -0.177. The first-order valence-electron chi connectivity index (χ1n) is 8.89. The van der Waals surface area contributed by atoms with Gasteiger partial charge in [-0.3, -0.25) is 19.3 Å². The second kappa shape index (κ2) is 6.85. The zero-order valence-electron chi connectivity index (χ0n) is 13.7. The van der Waals surface area contributed by atoms with Crippen LogP contribution in [0.1, 0.15) is 51.4 Å². The number of hydrogen-bond acceptors (Lipinski definition) is 3. The highest BCUT2D eigenvalue weighted by atomic mass is 16.2. The Morgan fingerprint density at radius 2 is 1.57 bits per heavy atom. The van der Waals surface area contributed by atoms with Crippen molar-refractivity contribution in [2.45, 2.75) is 57.4 Å². The Morgan fingerprint density at radius 1 is 1.04 bits per heavy atom. The van der Waals surface area contributed by atoms with E-state index in [4.69, 9.17) is 0 Å². The number of fused-ring (bicyclic) bond motifs is 1. The van der Waals surface area contributed by atoms with Crippen molar-refractivity contribution < 1.29 is 14.4 Å². The molecule has 2 atom stereocenters. The molecule has 3 fully saturated rings. The van der Waals surface area contributed by atoms with E-state index in [1.165, 1.54) is 4.90 Å². The minimum absolute atomic E-state index is 0.0883. The zero-order valence-corrected chi connectivity index (χ0v) is 13.7. The van der Waals surface area contributed by atoms with Gasteiger partial charge >= 0.3 is 0 Å². The average Bonchev–Trinajstić information content (AvgIpc) is 3.16. The molecule has 2 saturated carbocycles. The number of carbonyl (C=O) groups excluding carboxylic acids is 3. The van der Waals surface area contributed by atoms with Crippen LogP contribution in [0, 0.1) is 11.8 Å². The van der Waals surface area contributed by atoms with Gasteiger partial charge < -0.3 is 4.90 Å². The highest BCUT2D eigenvalue weighted by Gasteiger charge is 2.48. The zero-order chi connectivity index (χ0) is 16.4. The van der Waals surface area contributed by atoms with E-state index < -0.39 is 0 Å². The van der Waals surface area contributed by atoms with Gasteiger partial charge in [0.15, 0.2) is 0 Å². The SMILES string of the molecule is C=CCN(C(=O)CN1C(=O)C2CCCCC2C1=O)C1CCCC1. The third-order valence-corrected chi connectivity index (χ3v) is 5.64. The standard InChI is InChI=1S/C18H26N2O3/c1-2-11-19(13-7-3-4-8-13)16(21)12-20-17(22)14-9-5-6-10-15(14)18(20)23/h2,13-15H,1,3-12H2. The lowest BCUT2D eigenvalue weighted by molar-refractivity contribution is -0.147. The molecule has 0 aromatic heterocycles. The Morgan fingerprint density at radius 3 is 2.09 bits per heavy atom. The van der Waals surface area contributed by atoms with E-state index in [-0.39, 0.29) is 42.1 Å². The molecule has 2 aliphatic carbocycles. The van der Waals surface area contributed by atoms with Crippen LogP contribution in [0.3, 0.4) is 0 Å². The smallest absolute Gasteiger partial charge is 0.243 e. The van der Waals surface area contributed by atoms with Gasteiger partial charge in [-0.25, -0.2) is 0 Å². The molecule has 5 heteroatoms. The largest absolute Gasteiger partial charge is 0.334 e. The molecule has 1 aliphatic heterocycles. The molecule has 0 spiro atoms. The Kier molecular flexibility index (Phi) is 4.83. The van der Waals surface area contributed by atoms with Crippen molar-refractivity contribution in [2.24, 2.45) is 11.8 Å². The van der Waals surface area contributed by atoms with Crippen molar-refractivity contribution in [3.05, 3.63) is 12.7 Å². The molecule has 0 N–H and O–H groups in total. The minimum Gasteiger partial charge on any atom is -0.334 e. The highest BCUT2D eigenvalue weighted by Crippen LogP contribution is 2.38. The summed E-state index contributed by atoms with van der Waals surface area (Å²) in [5, 5.41) is 0. The maximum absolute atomic E-state index is 12.7. The van der Waals surface area contributed by atoms with Crippen molar-refractivity contribution in [3.63, 3.8) is 0 Å². The number of imide groups is 1. The summed E-state index contributed by atoms with van der Waals surface area (Å²) < 4.78 is 0. The molecule has 3 amide bonds. The molecule has 2 unspecified atom stereocenters. The van der Waals surface area contributed by atoms with E-state index in [0.29, 0.717) is 6.54 Å². The summed E-state index contributed by atoms with van der Waals surface area (Å²) in [5.74, 6) is -0.722. The van der Waals surface area contributed by atoms with Crippen LogP contribution in [-0.2, 0) is 14.4 Å². The topological polar surface area (TPSA) is 57.7 Å². The molecule has 5 nitrogen and oxygen atoms in total. The summed E-state index contributed by atoms with van der Waals surface area (Å²) in [4.78, 5) is 40.7. The molecule has 0 aromatic rings. The number of amides is 3. The highest BCUT2D eigenvalue weighted by molar-refractivity contribution is 6.07. The first-order chi connectivity index (χ1) is 11.1. The summed E-state index contributed by atoms with van der Waals surface area (Å²) in [5.41, 5.74) is 0. The quantitative estimate of drug-likeness (QED) is 0.576. The number of nitrogens with zero attached hydrogens (tertiary/aromatic N) is 2. The Balaban J connectivity index is 1.69. The maximum atomic E-state index is 12.7. The number of likely N-dealkylation sites (tertiary alicyclic amines) is 1. The summed E-state index contributed by atoms with van der Waals surface area (Å²) in [6.07, 6.45) is 9.61. The molecular formula is C18H26N2O3. The van der Waals surface area contributed by atoms with Gasteiger partial charge in [0.25, 0.3) is 0 Å². The van der Waals surface area contributed by atoms with Crippen LogP contribution in [0.5, 0.6) is 0 Å². The van der Waals surface area contributed by atoms with Gasteiger partial charge in [0.1, 0.15) is 6.54 Å². The van der Waals surface area contributed by atoms with Crippen molar-refractivity contribution in [3.8, 4) is 0 Å². The van der Waals surface area contributed by atoms with Crippen LogP contribution in [0.25, 0.3) is 0 Å². The van der Waals surface area contributed by atoms with Crippen LogP contribution in [0.4, 0.5) is 0 Å². The molecule has 0 bridgehead atoms.